The Hall–Kier alpha value is 1.32. The molecule has 1 saturated carbocycles. The van der Waals surface area contributed by atoms with Crippen molar-refractivity contribution < 1.29 is 4.43 Å². The summed E-state index contributed by atoms with van der Waals surface area (Å²) < 4.78 is 9.06. The zero-order valence-electron chi connectivity index (χ0n) is 13.9. The predicted octanol–water partition coefficient (Wildman–Crippen LogP) is 5.89. The lowest BCUT2D eigenvalue weighted by atomic mass is 10.0. The maximum Gasteiger partial charge on any atom is 0.184 e. The quantitative estimate of drug-likeness (QED) is 0.552. The van der Waals surface area contributed by atoms with Crippen LogP contribution in [0.5, 0.6) is 0 Å². The van der Waals surface area contributed by atoms with E-state index in [1.807, 2.05) is 0 Å². The Bertz CT molecular complexity index is 407. The molecule has 2 aliphatic heterocycles. The van der Waals surface area contributed by atoms with E-state index in [0.29, 0.717) is 12.0 Å². The van der Waals surface area contributed by atoms with Gasteiger partial charge >= 0.3 is 0 Å². The molecule has 0 aromatic heterocycles. The number of thioether (sulfide) groups is 4. The summed E-state index contributed by atoms with van der Waals surface area (Å²) in [5.41, 5.74) is 1.77. The summed E-state index contributed by atoms with van der Waals surface area (Å²) in [5, 5.41) is 0. The Labute approximate surface area is 154 Å². The monoisotopic (exact) mass is 392 g/mol. The Morgan fingerprint density at radius 1 is 0.955 bits per heavy atom. The van der Waals surface area contributed by atoms with Gasteiger partial charge in [-0.3, -0.25) is 0 Å². The molecule has 2 heterocycles. The summed E-state index contributed by atoms with van der Waals surface area (Å²) in [4.78, 5) is 0. The predicted molar refractivity (Wildman–Crippen MR) is 111 cm³/mol. The molecular weight excluding hydrogens is 365 g/mol. The van der Waals surface area contributed by atoms with E-state index in [-0.39, 0.29) is 0 Å². The molecule has 6 heteroatoms. The van der Waals surface area contributed by atoms with Crippen LogP contribution < -0.4 is 0 Å². The summed E-state index contributed by atoms with van der Waals surface area (Å²) in [5.74, 6) is 6.01. The summed E-state index contributed by atoms with van der Waals surface area (Å²) >= 11 is 8.66. The summed E-state index contributed by atoms with van der Waals surface area (Å²) in [7, 11) is -1.46. The van der Waals surface area contributed by atoms with Crippen LogP contribution in [0, 0.1) is 5.92 Å². The fourth-order valence-electron chi connectivity index (χ4n) is 3.36. The van der Waals surface area contributed by atoms with Gasteiger partial charge in [-0.15, -0.1) is 47.0 Å². The van der Waals surface area contributed by atoms with E-state index in [9.17, 15) is 0 Å². The summed E-state index contributed by atoms with van der Waals surface area (Å²) in [6.07, 6.45) is 5.78. The minimum atomic E-state index is -1.46. The smallest absolute Gasteiger partial charge is 0.184 e. The van der Waals surface area contributed by atoms with E-state index in [1.54, 1.807) is 9.81 Å². The molecule has 1 aliphatic carbocycles. The molecule has 2 saturated heterocycles. The topological polar surface area (TPSA) is 9.23 Å². The molecule has 2 atom stereocenters. The van der Waals surface area contributed by atoms with Crippen LogP contribution in [0.25, 0.3) is 0 Å². The molecule has 22 heavy (non-hydrogen) atoms. The molecule has 3 rings (SSSR count). The highest BCUT2D eigenvalue weighted by molar-refractivity contribution is 8.22. The van der Waals surface area contributed by atoms with Crippen LogP contribution in [0.2, 0.25) is 19.6 Å². The van der Waals surface area contributed by atoms with Crippen molar-refractivity contribution in [3.05, 3.63) is 9.81 Å². The highest BCUT2D eigenvalue weighted by Gasteiger charge is 2.42. The molecule has 0 unspecified atom stereocenters. The summed E-state index contributed by atoms with van der Waals surface area (Å²) in [6, 6.07) is 0. The highest BCUT2D eigenvalue weighted by atomic mass is 32.2. The van der Waals surface area contributed by atoms with Gasteiger partial charge in [0.1, 0.15) is 0 Å². The average Bonchev–Trinajstić information content (AvgIpc) is 2.90. The van der Waals surface area contributed by atoms with Gasteiger partial charge in [-0.2, -0.15) is 0 Å². The first-order valence-corrected chi connectivity index (χ1v) is 15.9. The molecule has 0 amide bonds. The molecule has 0 spiro atoms. The van der Waals surface area contributed by atoms with Crippen molar-refractivity contribution in [1.29, 1.82) is 0 Å². The Balaban J connectivity index is 1.82. The van der Waals surface area contributed by atoms with Crippen molar-refractivity contribution in [3.63, 3.8) is 0 Å². The normalized spacial score (nSPS) is 31.8. The van der Waals surface area contributed by atoms with Crippen LogP contribution in [0.1, 0.15) is 25.7 Å². The molecule has 0 aromatic rings. The average molecular weight is 393 g/mol. The maximum absolute atomic E-state index is 6.65. The fourth-order valence-corrected chi connectivity index (χ4v) is 10.7. The van der Waals surface area contributed by atoms with Gasteiger partial charge in [0.25, 0.3) is 0 Å². The van der Waals surface area contributed by atoms with Crippen molar-refractivity contribution in [1.82, 2.24) is 0 Å². The van der Waals surface area contributed by atoms with E-state index in [0.717, 1.165) is 4.58 Å². The Morgan fingerprint density at radius 2 is 1.59 bits per heavy atom. The van der Waals surface area contributed by atoms with E-state index in [1.165, 1.54) is 48.7 Å². The van der Waals surface area contributed by atoms with Gasteiger partial charge in [-0.1, -0.05) is 0 Å². The second-order valence-electron chi connectivity index (χ2n) is 7.16. The standard InChI is InChI=1S/C16H28OS4Si/c1-22(2,3)17-13-7-6-12(15-18-8-4-9-19-15)14(13)16-20-10-5-11-21-16/h13-14,16H,4-11H2,1-3H3/t13-,14-/m0/s1. The Kier molecular flexibility index (Phi) is 6.70. The molecule has 1 nitrogen and oxygen atoms in total. The molecule has 0 N–H and O–H groups in total. The van der Waals surface area contributed by atoms with Crippen molar-refractivity contribution in [2.24, 2.45) is 5.92 Å². The highest BCUT2D eigenvalue weighted by Crippen LogP contribution is 2.52. The molecule has 126 valence electrons. The van der Waals surface area contributed by atoms with Gasteiger partial charge in [0, 0.05) is 10.2 Å². The molecule has 0 radical (unpaired) electrons. The van der Waals surface area contributed by atoms with Crippen molar-refractivity contribution in [2.75, 3.05) is 23.0 Å². The van der Waals surface area contributed by atoms with Gasteiger partial charge in [0.05, 0.1) is 10.7 Å². The molecule has 0 aromatic carbocycles. The van der Waals surface area contributed by atoms with Crippen LogP contribution in [0.4, 0.5) is 0 Å². The molecule has 3 aliphatic rings. The number of hydrogen-bond donors (Lipinski definition) is 0. The third-order valence-corrected chi connectivity index (χ3v) is 11.0. The van der Waals surface area contributed by atoms with Crippen LogP contribution in [0.3, 0.4) is 0 Å². The third kappa shape index (κ3) is 4.69. The molecular formula is C16H28OS4Si. The van der Waals surface area contributed by atoms with E-state index >= 15 is 0 Å². The molecule has 3 fully saturated rings. The van der Waals surface area contributed by atoms with Gasteiger partial charge in [0.15, 0.2) is 8.32 Å². The van der Waals surface area contributed by atoms with Crippen LogP contribution in [0.15, 0.2) is 9.81 Å². The number of hydrogen-bond acceptors (Lipinski definition) is 5. The van der Waals surface area contributed by atoms with Crippen molar-refractivity contribution in [2.45, 2.75) is 56.0 Å². The second kappa shape index (κ2) is 8.13. The lowest BCUT2D eigenvalue weighted by molar-refractivity contribution is 0.167. The van der Waals surface area contributed by atoms with E-state index in [4.69, 9.17) is 4.43 Å². The van der Waals surface area contributed by atoms with E-state index < -0.39 is 8.32 Å². The van der Waals surface area contributed by atoms with E-state index in [2.05, 4.69) is 66.7 Å². The molecule has 0 bridgehead atoms. The minimum absolute atomic E-state index is 0.486. The fraction of sp³-hybridized carbons (Fsp3) is 0.875. The van der Waals surface area contributed by atoms with Gasteiger partial charge in [-0.25, -0.2) is 0 Å². The van der Waals surface area contributed by atoms with Crippen LogP contribution >= 0.6 is 47.0 Å². The zero-order valence-corrected chi connectivity index (χ0v) is 18.2. The zero-order chi connectivity index (χ0) is 15.6. The van der Waals surface area contributed by atoms with Gasteiger partial charge in [0.2, 0.25) is 0 Å². The summed E-state index contributed by atoms with van der Waals surface area (Å²) in [6.45, 7) is 7.04. The first-order valence-electron chi connectivity index (χ1n) is 8.44. The second-order valence-corrected chi connectivity index (χ2v) is 16.9. The van der Waals surface area contributed by atoms with Crippen LogP contribution in [-0.4, -0.2) is 42.0 Å². The van der Waals surface area contributed by atoms with Crippen LogP contribution in [-0.2, 0) is 4.43 Å². The van der Waals surface area contributed by atoms with Crippen molar-refractivity contribution >= 4 is 55.4 Å². The first kappa shape index (κ1) is 18.1. The number of rotatable bonds is 3. The van der Waals surface area contributed by atoms with Crippen molar-refractivity contribution in [3.8, 4) is 0 Å². The Morgan fingerprint density at radius 3 is 2.23 bits per heavy atom. The lowest BCUT2D eigenvalue weighted by Crippen LogP contribution is -2.37. The van der Waals surface area contributed by atoms with Gasteiger partial charge in [-0.05, 0) is 73.9 Å². The van der Waals surface area contributed by atoms with Gasteiger partial charge < -0.3 is 4.43 Å². The maximum atomic E-state index is 6.65. The first-order chi connectivity index (χ1) is 10.5. The minimum Gasteiger partial charge on any atom is -0.414 e. The SMILES string of the molecule is C[Si](C)(C)O[C@H]1CCC(=C2SCCCS2)[C@@H]1C1SCCCS1. The third-order valence-electron chi connectivity index (χ3n) is 4.17. The lowest BCUT2D eigenvalue weighted by Gasteiger charge is -2.35. The largest absolute Gasteiger partial charge is 0.414 e.